The molecule has 1 heterocycles. The average molecular weight is 388 g/mol. The second-order valence-electron chi connectivity index (χ2n) is 5.32. The number of carbonyl (C=O) groups excluding carboxylic acids is 2. The largest absolute Gasteiger partial charge is 0.484 e. The van der Waals surface area contributed by atoms with Crippen molar-refractivity contribution in [2.75, 3.05) is 11.9 Å². The maximum Gasteiger partial charge on any atom is 0.264 e. The molecule has 3 aromatic rings. The third kappa shape index (κ3) is 4.65. The first-order chi connectivity index (χ1) is 12.5. The highest BCUT2D eigenvalue weighted by molar-refractivity contribution is 7.15. The molecule has 3 rings (SSSR count). The normalized spacial score (nSPS) is 10.4. The molecule has 0 radical (unpaired) electrons. The minimum absolute atomic E-state index is 0.113. The Labute approximate surface area is 158 Å². The fourth-order valence-corrected chi connectivity index (χ4v) is 2.86. The zero-order chi connectivity index (χ0) is 18.5. The molecule has 8 heteroatoms. The van der Waals surface area contributed by atoms with E-state index in [1.165, 1.54) is 11.3 Å². The van der Waals surface area contributed by atoms with Crippen molar-refractivity contribution >= 4 is 39.8 Å². The molecule has 1 amide bonds. The number of amides is 1. The van der Waals surface area contributed by atoms with Crippen molar-refractivity contribution in [3.8, 4) is 5.75 Å². The first kappa shape index (κ1) is 18.0. The Kier molecular flexibility index (Phi) is 5.60. The van der Waals surface area contributed by atoms with E-state index in [0.717, 1.165) is 5.01 Å². The van der Waals surface area contributed by atoms with Crippen molar-refractivity contribution < 1.29 is 14.3 Å². The van der Waals surface area contributed by atoms with Crippen LogP contribution in [-0.4, -0.2) is 28.5 Å². The topological polar surface area (TPSA) is 81.2 Å². The Morgan fingerprint density at radius 1 is 1.04 bits per heavy atom. The minimum atomic E-state index is -0.331. The zero-order valence-electron chi connectivity index (χ0n) is 13.7. The molecule has 0 spiro atoms. The van der Waals surface area contributed by atoms with Crippen LogP contribution in [0.5, 0.6) is 5.75 Å². The number of nitrogens with zero attached hydrogens (tertiary/aromatic N) is 2. The number of rotatable bonds is 6. The van der Waals surface area contributed by atoms with Gasteiger partial charge < -0.3 is 4.74 Å². The second-order valence-corrected chi connectivity index (χ2v) is 6.94. The molecule has 0 saturated carbocycles. The van der Waals surface area contributed by atoms with Gasteiger partial charge in [-0.3, -0.25) is 14.9 Å². The first-order valence-corrected chi connectivity index (χ1v) is 8.84. The molecule has 26 heavy (non-hydrogen) atoms. The van der Waals surface area contributed by atoms with Gasteiger partial charge in [0.1, 0.15) is 10.8 Å². The number of hydrogen-bond acceptors (Lipinski definition) is 6. The van der Waals surface area contributed by atoms with Crippen LogP contribution < -0.4 is 10.1 Å². The standard InChI is InChI=1S/C18H14ClN3O3S/c1-11-21-22-18(26-11)20-16(23)10-25-15-8-4-13(5-9-15)17(24)12-2-6-14(19)7-3-12/h2-9H,10H2,1H3,(H,20,22,23). The van der Waals surface area contributed by atoms with Crippen LogP contribution in [0.2, 0.25) is 5.02 Å². The number of benzene rings is 2. The molecule has 2 aromatic carbocycles. The summed E-state index contributed by atoms with van der Waals surface area (Å²) in [6.07, 6.45) is 0. The Balaban J connectivity index is 1.56. The third-order valence-corrected chi connectivity index (χ3v) is 4.37. The van der Waals surface area contributed by atoms with Gasteiger partial charge >= 0.3 is 0 Å². The van der Waals surface area contributed by atoms with E-state index in [4.69, 9.17) is 16.3 Å². The molecule has 132 valence electrons. The average Bonchev–Trinajstić information content (AvgIpc) is 3.05. The van der Waals surface area contributed by atoms with Crippen LogP contribution in [-0.2, 0) is 4.79 Å². The summed E-state index contributed by atoms with van der Waals surface area (Å²) in [4.78, 5) is 24.2. The molecule has 0 aliphatic heterocycles. The van der Waals surface area contributed by atoms with Crippen LogP contribution >= 0.6 is 22.9 Å². The molecule has 1 N–H and O–H groups in total. The van der Waals surface area contributed by atoms with Gasteiger partial charge in [0.25, 0.3) is 5.91 Å². The number of aryl methyl sites for hydroxylation is 1. The van der Waals surface area contributed by atoms with Crippen LogP contribution in [0, 0.1) is 6.92 Å². The number of nitrogens with one attached hydrogen (secondary N) is 1. The lowest BCUT2D eigenvalue weighted by Crippen LogP contribution is -2.20. The van der Waals surface area contributed by atoms with E-state index in [0.29, 0.717) is 27.0 Å². The number of carbonyl (C=O) groups is 2. The van der Waals surface area contributed by atoms with E-state index < -0.39 is 0 Å². The van der Waals surface area contributed by atoms with Gasteiger partial charge in [-0.05, 0) is 55.5 Å². The van der Waals surface area contributed by atoms with E-state index in [9.17, 15) is 9.59 Å². The second kappa shape index (κ2) is 8.07. The van der Waals surface area contributed by atoms with Gasteiger partial charge in [-0.15, -0.1) is 10.2 Å². The van der Waals surface area contributed by atoms with Crippen LogP contribution in [0.1, 0.15) is 20.9 Å². The quantitative estimate of drug-likeness (QED) is 0.651. The predicted octanol–water partition coefficient (Wildman–Crippen LogP) is 3.75. The molecule has 6 nitrogen and oxygen atoms in total. The van der Waals surface area contributed by atoms with Crippen molar-refractivity contribution in [1.29, 1.82) is 0 Å². The SMILES string of the molecule is Cc1nnc(NC(=O)COc2ccc(C(=O)c3ccc(Cl)cc3)cc2)s1. The van der Waals surface area contributed by atoms with E-state index >= 15 is 0 Å². The summed E-state index contributed by atoms with van der Waals surface area (Å²) < 4.78 is 5.42. The molecular formula is C18H14ClN3O3S. The smallest absolute Gasteiger partial charge is 0.264 e. The Hall–Kier alpha value is -2.77. The van der Waals surface area contributed by atoms with E-state index in [1.807, 2.05) is 0 Å². The fraction of sp³-hybridized carbons (Fsp3) is 0.111. The molecule has 0 aliphatic rings. The molecule has 0 unspecified atom stereocenters. The summed E-state index contributed by atoms with van der Waals surface area (Å²) in [6, 6.07) is 13.3. The van der Waals surface area contributed by atoms with Crippen LogP contribution in [0.25, 0.3) is 0 Å². The highest BCUT2D eigenvalue weighted by atomic mass is 35.5. The van der Waals surface area contributed by atoms with E-state index in [1.54, 1.807) is 55.5 Å². The number of anilines is 1. The number of ether oxygens (including phenoxy) is 1. The van der Waals surface area contributed by atoms with Gasteiger partial charge in [0, 0.05) is 16.1 Å². The summed E-state index contributed by atoms with van der Waals surface area (Å²) in [6.45, 7) is 1.64. The van der Waals surface area contributed by atoms with Crippen molar-refractivity contribution in [2.45, 2.75) is 6.92 Å². The van der Waals surface area contributed by atoms with Gasteiger partial charge in [0.2, 0.25) is 5.13 Å². The summed E-state index contributed by atoms with van der Waals surface area (Å²) in [5.41, 5.74) is 1.07. The van der Waals surface area contributed by atoms with Gasteiger partial charge in [0.15, 0.2) is 12.4 Å². The molecular weight excluding hydrogens is 374 g/mol. The molecule has 0 aliphatic carbocycles. The summed E-state index contributed by atoms with van der Waals surface area (Å²) in [5, 5.41) is 12.0. The monoisotopic (exact) mass is 387 g/mol. The van der Waals surface area contributed by atoms with Gasteiger partial charge in [-0.1, -0.05) is 22.9 Å². The maximum absolute atomic E-state index is 12.4. The highest BCUT2D eigenvalue weighted by Gasteiger charge is 2.10. The van der Waals surface area contributed by atoms with Crippen LogP contribution in [0.3, 0.4) is 0 Å². The maximum atomic E-state index is 12.4. The zero-order valence-corrected chi connectivity index (χ0v) is 15.3. The lowest BCUT2D eigenvalue weighted by Gasteiger charge is -2.07. The van der Waals surface area contributed by atoms with Gasteiger partial charge in [-0.2, -0.15) is 0 Å². The fourth-order valence-electron chi connectivity index (χ4n) is 2.12. The Morgan fingerprint density at radius 2 is 1.65 bits per heavy atom. The van der Waals surface area contributed by atoms with Crippen molar-refractivity contribution in [2.24, 2.45) is 0 Å². The van der Waals surface area contributed by atoms with Gasteiger partial charge in [0.05, 0.1) is 0 Å². The number of halogens is 1. The van der Waals surface area contributed by atoms with Crippen molar-refractivity contribution in [3.63, 3.8) is 0 Å². The lowest BCUT2D eigenvalue weighted by atomic mass is 10.0. The molecule has 1 aromatic heterocycles. The predicted molar refractivity (Wildman–Crippen MR) is 100 cm³/mol. The van der Waals surface area contributed by atoms with E-state index in [2.05, 4.69) is 15.5 Å². The lowest BCUT2D eigenvalue weighted by molar-refractivity contribution is -0.118. The molecule has 0 bridgehead atoms. The number of ketones is 1. The van der Waals surface area contributed by atoms with Crippen LogP contribution in [0.4, 0.5) is 5.13 Å². The summed E-state index contributed by atoms with van der Waals surface area (Å²) in [5.74, 6) is 0.0429. The minimum Gasteiger partial charge on any atom is -0.484 e. The first-order valence-electron chi connectivity index (χ1n) is 7.64. The van der Waals surface area contributed by atoms with E-state index in [-0.39, 0.29) is 18.3 Å². The summed E-state index contributed by atoms with van der Waals surface area (Å²) >= 11 is 7.11. The highest BCUT2D eigenvalue weighted by Crippen LogP contribution is 2.18. The molecule has 0 fully saturated rings. The number of aromatic nitrogens is 2. The molecule has 0 atom stereocenters. The van der Waals surface area contributed by atoms with Gasteiger partial charge in [-0.25, -0.2) is 0 Å². The van der Waals surface area contributed by atoms with Crippen LogP contribution in [0.15, 0.2) is 48.5 Å². The number of hydrogen-bond donors (Lipinski definition) is 1. The third-order valence-electron chi connectivity index (χ3n) is 3.37. The summed E-state index contributed by atoms with van der Waals surface area (Å²) in [7, 11) is 0. The Morgan fingerprint density at radius 3 is 2.23 bits per heavy atom. The van der Waals surface area contributed by atoms with Crippen molar-refractivity contribution in [1.82, 2.24) is 10.2 Å². The molecule has 0 saturated heterocycles. The Bertz CT molecular complexity index is 924. The van der Waals surface area contributed by atoms with Crippen molar-refractivity contribution in [3.05, 3.63) is 69.7 Å².